The van der Waals surface area contributed by atoms with E-state index in [1.165, 1.54) is 6.92 Å². The molecule has 4 rings (SSSR count). The second-order valence-electron chi connectivity index (χ2n) is 11.0. The van der Waals surface area contributed by atoms with Gasteiger partial charge in [0.1, 0.15) is 11.6 Å². The van der Waals surface area contributed by atoms with Crippen LogP contribution >= 0.6 is 0 Å². The Morgan fingerprint density at radius 2 is 1.76 bits per heavy atom. The Kier molecular flexibility index (Phi) is 9.52. The van der Waals surface area contributed by atoms with E-state index in [1.54, 1.807) is 6.92 Å². The van der Waals surface area contributed by atoms with E-state index in [9.17, 15) is 24.3 Å². The fourth-order valence-corrected chi connectivity index (χ4v) is 5.34. The van der Waals surface area contributed by atoms with Crippen molar-refractivity contribution in [3.05, 3.63) is 71.4 Å². The highest BCUT2D eigenvalue weighted by Gasteiger charge is 2.47. The summed E-state index contributed by atoms with van der Waals surface area (Å²) >= 11 is 0. The zero-order valence-corrected chi connectivity index (χ0v) is 24.1. The van der Waals surface area contributed by atoms with Crippen LogP contribution in [0.2, 0.25) is 0 Å². The molecule has 11 heteroatoms. The first-order valence-corrected chi connectivity index (χ1v) is 14.2. The number of hydrogen-bond donors (Lipinski definition) is 6. The lowest BCUT2D eigenvalue weighted by atomic mass is 9.78. The Bertz CT molecular complexity index is 1440. The summed E-state index contributed by atoms with van der Waals surface area (Å²) in [6, 6.07) is 15.6. The molecule has 2 aromatic carbocycles. The maximum absolute atomic E-state index is 13.9. The van der Waals surface area contributed by atoms with Gasteiger partial charge in [-0.2, -0.15) is 0 Å². The van der Waals surface area contributed by atoms with Crippen molar-refractivity contribution in [2.45, 2.75) is 76.8 Å². The van der Waals surface area contributed by atoms with Gasteiger partial charge in [-0.05, 0) is 43.4 Å². The van der Waals surface area contributed by atoms with Crippen LogP contribution in [0.15, 0.2) is 54.6 Å². The quantitative estimate of drug-likeness (QED) is 0.204. The number of carbonyl (C=O) groups is 4. The number of aromatic amines is 1. The maximum Gasteiger partial charge on any atom is 0.408 e. The molecule has 224 valence electrons. The van der Waals surface area contributed by atoms with E-state index in [-0.39, 0.29) is 25.3 Å². The highest BCUT2D eigenvalue weighted by atomic mass is 16.6. The number of nitrogens with one attached hydrogen (secondary N) is 4. The van der Waals surface area contributed by atoms with Crippen LogP contribution in [0.4, 0.5) is 4.79 Å². The molecule has 0 fully saturated rings. The fraction of sp³-hybridized carbons (Fsp3) is 0.419. The normalized spacial score (nSPS) is 19.0. The summed E-state index contributed by atoms with van der Waals surface area (Å²) in [5, 5.41) is 19.2. The number of aryl methyl sites for hydroxylation is 1. The Morgan fingerprint density at radius 1 is 1.07 bits per heavy atom. The predicted molar refractivity (Wildman–Crippen MR) is 157 cm³/mol. The van der Waals surface area contributed by atoms with Gasteiger partial charge in [-0.3, -0.25) is 14.4 Å². The molecular formula is C31H39N5O6. The van der Waals surface area contributed by atoms with Crippen LogP contribution in [0.25, 0.3) is 10.9 Å². The molecule has 4 amide bonds. The minimum absolute atomic E-state index is 0.114. The van der Waals surface area contributed by atoms with Crippen LogP contribution in [0.3, 0.4) is 0 Å². The summed E-state index contributed by atoms with van der Waals surface area (Å²) in [6.07, 6.45) is -1.93. The van der Waals surface area contributed by atoms with Crippen molar-refractivity contribution in [1.82, 2.24) is 20.9 Å². The lowest BCUT2D eigenvalue weighted by Crippen LogP contribution is -2.66. The number of amides is 4. The monoisotopic (exact) mass is 577 g/mol. The topological polar surface area (TPSA) is 176 Å². The van der Waals surface area contributed by atoms with Crippen molar-refractivity contribution < 1.29 is 29.0 Å². The number of alkyl carbamates (subject to hydrolysis) is 1. The molecule has 1 aromatic heterocycles. The molecule has 7 N–H and O–H groups in total. The summed E-state index contributed by atoms with van der Waals surface area (Å²) in [5.74, 6) is -2.56. The van der Waals surface area contributed by atoms with E-state index in [1.807, 2.05) is 61.5 Å². The number of primary amides is 1. The Balaban J connectivity index is 1.61. The van der Waals surface area contributed by atoms with E-state index in [0.29, 0.717) is 12.8 Å². The molecule has 42 heavy (non-hydrogen) atoms. The van der Waals surface area contributed by atoms with E-state index in [2.05, 4.69) is 20.9 Å². The second-order valence-corrected chi connectivity index (χ2v) is 11.0. The number of ether oxygens (including phenoxy) is 1. The van der Waals surface area contributed by atoms with Gasteiger partial charge < -0.3 is 36.5 Å². The van der Waals surface area contributed by atoms with Crippen molar-refractivity contribution in [3.8, 4) is 0 Å². The van der Waals surface area contributed by atoms with Gasteiger partial charge in [-0.15, -0.1) is 0 Å². The smallest absolute Gasteiger partial charge is 0.408 e. The van der Waals surface area contributed by atoms with Crippen molar-refractivity contribution in [3.63, 3.8) is 0 Å². The molecule has 5 atom stereocenters. The fourth-order valence-electron chi connectivity index (χ4n) is 5.34. The summed E-state index contributed by atoms with van der Waals surface area (Å²) in [5.41, 5.74) is 7.53. The first kappa shape index (κ1) is 30.6. The number of aliphatic hydroxyl groups is 1. The van der Waals surface area contributed by atoms with Gasteiger partial charge >= 0.3 is 6.09 Å². The molecule has 1 unspecified atom stereocenters. The van der Waals surface area contributed by atoms with E-state index in [0.717, 1.165) is 27.7 Å². The summed E-state index contributed by atoms with van der Waals surface area (Å²) in [7, 11) is 0. The third kappa shape index (κ3) is 6.73. The van der Waals surface area contributed by atoms with Crippen LogP contribution in [0.5, 0.6) is 0 Å². The molecule has 1 aliphatic carbocycles. The van der Waals surface area contributed by atoms with E-state index < -0.39 is 47.6 Å². The maximum atomic E-state index is 13.9. The lowest BCUT2D eigenvalue weighted by molar-refractivity contribution is -0.141. The Morgan fingerprint density at radius 3 is 2.43 bits per heavy atom. The summed E-state index contributed by atoms with van der Waals surface area (Å²) in [4.78, 5) is 55.9. The predicted octanol–water partition coefficient (Wildman–Crippen LogP) is 2.20. The number of fused-ring (bicyclic) bond motifs is 3. The van der Waals surface area contributed by atoms with Gasteiger partial charge in [0, 0.05) is 35.5 Å². The molecule has 0 saturated carbocycles. The first-order valence-electron chi connectivity index (χ1n) is 14.2. The molecule has 0 aliphatic heterocycles. The van der Waals surface area contributed by atoms with Crippen LogP contribution in [0.1, 0.15) is 50.4 Å². The molecular weight excluding hydrogens is 538 g/mol. The van der Waals surface area contributed by atoms with Gasteiger partial charge in [0.05, 0.1) is 6.10 Å². The number of nitrogens with two attached hydrogens (primary N) is 1. The highest BCUT2D eigenvalue weighted by molar-refractivity contribution is 5.97. The van der Waals surface area contributed by atoms with Gasteiger partial charge in [0.2, 0.25) is 11.8 Å². The van der Waals surface area contributed by atoms with Crippen LogP contribution in [0, 0.1) is 5.92 Å². The van der Waals surface area contributed by atoms with Crippen LogP contribution < -0.4 is 21.7 Å². The van der Waals surface area contributed by atoms with Crippen molar-refractivity contribution >= 4 is 34.7 Å². The Hall–Kier alpha value is -4.38. The molecule has 1 heterocycles. The minimum atomic E-state index is -1.51. The van der Waals surface area contributed by atoms with Gasteiger partial charge in [-0.1, -0.05) is 62.4 Å². The third-order valence-corrected chi connectivity index (χ3v) is 7.99. The SMILES string of the molecule is CC[C@H](C)C(OC(=O)NCc1ccccc1)C(=O)N[C@]1(C(=O)N[C@H](C(N)=O)[C@@H](C)O)CCc2[nH]c3ccccc3c2C1. The number of aromatic nitrogens is 1. The average molecular weight is 578 g/mol. The number of aliphatic hydroxyl groups excluding tert-OH is 1. The zero-order chi connectivity index (χ0) is 30.4. The summed E-state index contributed by atoms with van der Waals surface area (Å²) < 4.78 is 5.62. The molecule has 0 spiro atoms. The standard InChI is InChI=1S/C31H39N5O6/c1-4-18(2)26(42-30(41)33-17-20-10-6-5-7-11-20)28(39)36-31(29(40)35-25(19(3)37)27(32)38)15-14-24-22(16-31)21-12-8-9-13-23(21)34-24/h5-13,18-19,25-26,34,37H,4,14-17H2,1-3H3,(H2,32,38)(H,33,41)(H,35,40)(H,36,39)/t18-,19+,25-,26?,31+/m0/s1. The third-order valence-electron chi connectivity index (χ3n) is 7.99. The minimum Gasteiger partial charge on any atom is -0.436 e. The number of rotatable bonds is 11. The van der Waals surface area contributed by atoms with E-state index >= 15 is 0 Å². The molecule has 3 aromatic rings. The largest absolute Gasteiger partial charge is 0.436 e. The van der Waals surface area contributed by atoms with Gasteiger partial charge in [-0.25, -0.2) is 4.79 Å². The van der Waals surface area contributed by atoms with Gasteiger partial charge in [0.25, 0.3) is 5.91 Å². The van der Waals surface area contributed by atoms with Crippen molar-refractivity contribution in [2.24, 2.45) is 11.7 Å². The van der Waals surface area contributed by atoms with Crippen molar-refractivity contribution in [2.75, 3.05) is 0 Å². The second kappa shape index (κ2) is 13.1. The number of carbonyl (C=O) groups excluding carboxylic acids is 4. The van der Waals surface area contributed by atoms with Crippen molar-refractivity contribution in [1.29, 1.82) is 0 Å². The lowest BCUT2D eigenvalue weighted by Gasteiger charge is -2.39. The molecule has 0 radical (unpaired) electrons. The Labute approximate surface area is 244 Å². The average Bonchev–Trinajstić information content (AvgIpc) is 3.34. The zero-order valence-electron chi connectivity index (χ0n) is 24.1. The molecule has 11 nitrogen and oxygen atoms in total. The number of H-pyrrole nitrogens is 1. The number of benzene rings is 2. The molecule has 0 saturated heterocycles. The number of para-hydroxylation sites is 1. The molecule has 0 bridgehead atoms. The van der Waals surface area contributed by atoms with Crippen LogP contribution in [-0.4, -0.2) is 57.7 Å². The summed E-state index contributed by atoms with van der Waals surface area (Å²) in [6.45, 7) is 5.23. The van der Waals surface area contributed by atoms with Gasteiger partial charge in [0.15, 0.2) is 6.10 Å². The van der Waals surface area contributed by atoms with Crippen LogP contribution in [-0.2, 0) is 38.5 Å². The highest BCUT2D eigenvalue weighted by Crippen LogP contribution is 2.35. The number of hydrogen-bond acceptors (Lipinski definition) is 6. The first-order chi connectivity index (χ1) is 20.0. The van der Waals surface area contributed by atoms with E-state index in [4.69, 9.17) is 10.5 Å². The molecule has 1 aliphatic rings.